The molecule has 1 amide bonds. The summed E-state index contributed by atoms with van der Waals surface area (Å²) in [6.07, 6.45) is 1.81. The molecule has 1 aromatic carbocycles. The van der Waals surface area contributed by atoms with E-state index < -0.39 is 17.8 Å². The Kier molecular flexibility index (Phi) is 4.48. The highest BCUT2D eigenvalue weighted by molar-refractivity contribution is 5.87. The van der Waals surface area contributed by atoms with Crippen molar-refractivity contribution in [3.8, 4) is 0 Å². The number of aliphatic carboxylic acids is 1. The molecule has 4 heteroatoms. The van der Waals surface area contributed by atoms with Gasteiger partial charge in [-0.05, 0) is 51.0 Å². The number of hydrogen-bond donors (Lipinski definition) is 2. The topological polar surface area (TPSA) is 66.4 Å². The molecule has 0 aliphatic heterocycles. The van der Waals surface area contributed by atoms with Gasteiger partial charge in [0.2, 0.25) is 5.91 Å². The molecule has 0 heterocycles. The zero-order valence-corrected chi connectivity index (χ0v) is 14.5. The SMILES string of the molecule is CC(C)=C1[C@H]2CC[C@H]1[C@@H](C(=O)O)[C@H]2C(=O)N[C@H](C)c1ccccc1. The summed E-state index contributed by atoms with van der Waals surface area (Å²) in [5.41, 5.74) is 3.43. The summed E-state index contributed by atoms with van der Waals surface area (Å²) in [5.74, 6) is -1.88. The van der Waals surface area contributed by atoms with Crippen LogP contribution in [0.15, 0.2) is 41.5 Å². The van der Waals surface area contributed by atoms with Crippen molar-refractivity contribution in [3.63, 3.8) is 0 Å². The molecule has 0 unspecified atom stereocenters. The number of allylic oxidation sites excluding steroid dienone is 2. The van der Waals surface area contributed by atoms with Crippen LogP contribution in [0, 0.1) is 23.7 Å². The molecule has 128 valence electrons. The van der Waals surface area contributed by atoms with Crippen molar-refractivity contribution in [1.82, 2.24) is 5.32 Å². The summed E-state index contributed by atoms with van der Waals surface area (Å²) < 4.78 is 0. The van der Waals surface area contributed by atoms with Gasteiger partial charge in [0.15, 0.2) is 0 Å². The van der Waals surface area contributed by atoms with Gasteiger partial charge in [0, 0.05) is 0 Å². The van der Waals surface area contributed by atoms with Crippen LogP contribution in [-0.2, 0) is 9.59 Å². The van der Waals surface area contributed by atoms with E-state index in [1.165, 1.54) is 11.1 Å². The van der Waals surface area contributed by atoms with Gasteiger partial charge in [-0.2, -0.15) is 0 Å². The van der Waals surface area contributed by atoms with Crippen LogP contribution in [0.5, 0.6) is 0 Å². The van der Waals surface area contributed by atoms with Gasteiger partial charge in [-0.3, -0.25) is 9.59 Å². The number of amides is 1. The lowest BCUT2D eigenvalue weighted by Crippen LogP contribution is -2.42. The summed E-state index contributed by atoms with van der Waals surface area (Å²) in [6, 6.07) is 9.65. The zero-order valence-electron chi connectivity index (χ0n) is 14.5. The van der Waals surface area contributed by atoms with Gasteiger partial charge in [-0.15, -0.1) is 0 Å². The monoisotopic (exact) mass is 327 g/mol. The van der Waals surface area contributed by atoms with Crippen LogP contribution in [0.2, 0.25) is 0 Å². The second kappa shape index (κ2) is 6.42. The third-order valence-electron chi connectivity index (χ3n) is 5.67. The van der Waals surface area contributed by atoms with Crippen molar-refractivity contribution >= 4 is 11.9 Å². The molecular weight excluding hydrogens is 302 g/mol. The lowest BCUT2D eigenvalue weighted by molar-refractivity contribution is -0.149. The second-order valence-electron chi connectivity index (χ2n) is 7.28. The number of hydrogen-bond acceptors (Lipinski definition) is 2. The molecule has 2 saturated carbocycles. The smallest absolute Gasteiger partial charge is 0.307 e. The highest BCUT2D eigenvalue weighted by Crippen LogP contribution is 2.57. The average Bonchev–Trinajstić information content (AvgIpc) is 3.11. The average molecular weight is 327 g/mol. The number of carbonyl (C=O) groups excluding carboxylic acids is 1. The maximum atomic E-state index is 12.9. The molecule has 0 aromatic heterocycles. The van der Waals surface area contributed by atoms with Gasteiger partial charge >= 0.3 is 5.97 Å². The molecule has 4 nitrogen and oxygen atoms in total. The van der Waals surface area contributed by atoms with Crippen molar-refractivity contribution in [2.24, 2.45) is 23.7 Å². The molecule has 2 fully saturated rings. The molecule has 1 aromatic rings. The standard InChI is InChI=1S/C20H25NO3/c1-11(2)16-14-9-10-15(16)18(20(23)24)17(14)19(22)21-12(3)13-7-5-4-6-8-13/h4-8,12,14-15,17-18H,9-10H2,1-3H3,(H,21,22)(H,23,24)/t12-,14-,15-,17+,18-/m1/s1. The van der Waals surface area contributed by atoms with Crippen LogP contribution in [0.25, 0.3) is 0 Å². The van der Waals surface area contributed by atoms with E-state index in [1.807, 2.05) is 51.1 Å². The molecule has 24 heavy (non-hydrogen) atoms. The highest BCUT2D eigenvalue weighted by Gasteiger charge is 2.57. The van der Waals surface area contributed by atoms with E-state index >= 15 is 0 Å². The Morgan fingerprint density at radius 3 is 2.21 bits per heavy atom. The number of carbonyl (C=O) groups is 2. The Bertz CT molecular complexity index is 675. The lowest BCUT2D eigenvalue weighted by Gasteiger charge is -2.28. The Morgan fingerprint density at radius 1 is 1.08 bits per heavy atom. The van der Waals surface area contributed by atoms with Crippen LogP contribution < -0.4 is 5.32 Å². The Hall–Kier alpha value is -2.10. The van der Waals surface area contributed by atoms with Gasteiger partial charge in [0.25, 0.3) is 0 Å². The minimum Gasteiger partial charge on any atom is -0.481 e. The maximum Gasteiger partial charge on any atom is 0.307 e. The van der Waals surface area contributed by atoms with Crippen molar-refractivity contribution < 1.29 is 14.7 Å². The third kappa shape index (κ3) is 2.74. The first-order chi connectivity index (χ1) is 11.4. The molecule has 0 saturated heterocycles. The van der Waals surface area contributed by atoms with E-state index in [0.717, 1.165) is 18.4 Å². The van der Waals surface area contributed by atoms with Crippen LogP contribution >= 0.6 is 0 Å². The molecule has 0 radical (unpaired) electrons. The predicted octanol–water partition coefficient (Wildman–Crippen LogP) is 3.56. The van der Waals surface area contributed by atoms with Crippen LogP contribution in [0.3, 0.4) is 0 Å². The summed E-state index contributed by atoms with van der Waals surface area (Å²) in [6.45, 7) is 6.01. The first-order valence-electron chi connectivity index (χ1n) is 8.67. The number of benzene rings is 1. The zero-order chi connectivity index (χ0) is 17.4. The molecule has 0 spiro atoms. The van der Waals surface area contributed by atoms with Crippen molar-refractivity contribution in [2.75, 3.05) is 0 Å². The number of rotatable bonds is 4. The third-order valence-corrected chi connectivity index (χ3v) is 5.67. The molecule has 2 aliphatic carbocycles. The number of nitrogens with one attached hydrogen (secondary N) is 1. The minimum atomic E-state index is -0.839. The minimum absolute atomic E-state index is 0.0280. The summed E-state index contributed by atoms with van der Waals surface area (Å²) in [5, 5.41) is 12.7. The first kappa shape index (κ1) is 16.7. The largest absolute Gasteiger partial charge is 0.481 e. The first-order valence-corrected chi connectivity index (χ1v) is 8.67. The second-order valence-corrected chi connectivity index (χ2v) is 7.28. The summed E-state index contributed by atoms with van der Waals surface area (Å²) in [7, 11) is 0. The van der Waals surface area contributed by atoms with Crippen molar-refractivity contribution in [1.29, 1.82) is 0 Å². The fraction of sp³-hybridized carbons (Fsp3) is 0.500. The van der Waals surface area contributed by atoms with Gasteiger partial charge in [0.05, 0.1) is 17.9 Å². The van der Waals surface area contributed by atoms with Crippen molar-refractivity contribution in [3.05, 3.63) is 47.0 Å². The molecule has 2 bridgehead atoms. The van der Waals surface area contributed by atoms with Gasteiger partial charge in [-0.1, -0.05) is 41.5 Å². The maximum absolute atomic E-state index is 12.9. The van der Waals surface area contributed by atoms with Crippen molar-refractivity contribution in [2.45, 2.75) is 39.7 Å². The normalized spacial score (nSPS) is 29.4. The predicted molar refractivity (Wildman–Crippen MR) is 92.2 cm³/mol. The Labute approximate surface area is 143 Å². The van der Waals surface area contributed by atoms with Gasteiger partial charge in [0.1, 0.15) is 0 Å². The summed E-state index contributed by atoms with van der Waals surface area (Å²) in [4.78, 5) is 24.7. The fourth-order valence-corrected chi connectivity index (χ4v) is 4.74. The molecule has 5 atom stereocenters. The van der Waals surface area contributed by atoms with Gasteiger partial charge in [-0.25, -0.2) is 0 Å². The molecular formula is C20H25NO3. The molecule has 3 rings (SSSR count). The van der Waals surface area contributed by atoms with E-state index in [1.54, 1.807) is 0 Å². The van der Waals surface area contributed by atoms with Crippen LogP contribution in [0.1, 0.15) is 45.2 Å². The number of carboxylic acid groups (broad SMARTS) is 1. The van der Waals surface area contributed by atoms with E-state index in [9.17, 15) is 14.7 Å². The summed E-state index contributed by atoms with van der Waals surface area (Å²) >= 11 is 0. The Balaban J connectivity index is 1.83. The van der Waals surface area contributed by atoms with E-state index in [2.05, 4.69) is 5.32 Å². The van der Waals surface area contributed by atoms with E-state index in [4.69, 9.17) is 0 Å². The molecule has 2 aliphatic rings. The lowest BCUT2D eigenvalue weighted by atomic mass is 9.78. The molecule has 2 N–H and O–H groups in total. The Morgan fingerprint density at radius 2 is 1.67 bits per heavy atom. The van der Waals surface area contributed by atoms with E-state index in [0.29, 0.717) is 0 Å². The van der Waals surface area contributed by atoms with Gasteiger partial charge < -0.3 is 10.4 Å². The number of fused-ring (bicyclic) bond motifs is 2. The number of carboxylic acids is 1. The van der Waals surface area contributed by atoms with Crippen LogP contribution in [0.4, 0.5) is 0 Å². The fourth-order valence-electron chi connectivity index (χ4n) is 4.74. The quantitative estimate of drug-likeness (QED) is 0.831. The van der Waals surface area contributed by atoms with Crippen LogP contribution in [-0.4, -0.2) is 17.0 Å². The van der Waals surface area contributed by atoms with E-state index in [-0.39, 0.29) is 23.8 Å². The highest BCUT2D eigenvalue weighted by atomic mass is 16.4.